The van der Waals surface area contributed by atoms with E-state index in [0.29, 0.717) is 17.4 Å². The Labute approximate surface area is 165 Å². The third kappa shape index (κ3) is 5.10. The number of carbonyl (C=O) groups is 2. The largest absolute Gasteiger partial charge is 0.344 e. The van der Waals surface area contributed by atoms with Crippen molar-refractivity contribution in [3.8, 4) is 0 Å². The Bertz CT molecular complexity index is 1000. The first-order valence-corrected chi connectivity index (χ1v) is 9.43. The fourth-order valence-corrected chi connectivity index (χ4v) is 3.26. The number of hydrogen-bond acceptors (Lipinski definition) is 5. The molecule has 1 unspecified atom stereocenters. The normalized spacial score (nSPS) is 11.6. The fourth-order valence-electron chi connectivity index (χ4n) is 2.41. The molecule has 9 heteroatoms. The highest BCUT2D eigenvalue weighted by Gasteiger charge is 2.21. The average Bonchev–Trinajstić information content (AvgIpc) is 3.03. The topological polar surface area (TPSA) is 109 Å². The number of nitrogens with zero attached hydrogens (tertiary/aromatic N) is 2. The monoisotopic (exact) mass is 397 g/mol. The summed E-state index contributed by atoms with van der Waals surface area (Å²) in [6.07, 6.45) is 0. The number of H-pyrrole nitrogens is 1. The molecular formula is C19H19N5O3S. The van der Waals surface area contributed by atoms with Crippen LogP contribution in [0.3, 0.4) is 0 Å². The number of rotatable bonds is 6. The molecule has 1 atom stereocenters. The van der Waals surface area contributed by atoms with Crippen LogP contribution in [0.5, 0.6) is 0 Å². The number of aromatic amines is 1. The lowest BCUT2D eigenvalue weighted by Crippen LogP contribution is -2.39. The minimum Gasteiger partial charge on any atom is -0.308 e. The molecule has 28 heavy (non-hydrogen) atoms. The number of carbonyl (C=O) groups excluding carboxylic acids is 2. The SMILES string of the molecule is CC(Sc1n[nH]c(=O)n1Cc1ccccc1)C(=O)NC(=O)Nc1ccccc1. The van der Waals surface area contributed by atoms with Gasteiger partial charge in [-0.3, -0.25) is 14.7 Å². The van der Waals surface area contributed by atoms with Crippen LogP contribution < -0.4 is 16.3 Å². The van der Waals surface area contributed by atoms with Gasteiger partial charge in [0.2, 0.25) is 5.91 Å². The van der Waals surface area contributed by atoms with Crippen molar-refractivity contribution < 1.29 is 9.59 Å². The van der Waals surface area contributed by atoms with Crippen LogP contribution in [0.4, 0.5) is 10.5 Å². The number of imide groups is 1. The first-order valence-electron chi connectivity index (χ1n) is 8.55. The Morgan fingerprint density at radius 3 is 2.43 bits per heavy atom. The van der Waals surface area contributed by atoms with Gasteiger partial charge in [-0.1, -0.05) is 60.3 Å². The maximum absolute atomic E-state index is 12.3. The van der Waals surface area contributed by atoms with Gasteiger partial charge in [0.05, 0.1) is 11.8 Å². The molecule has 1 aromatic heterocycles. The third-order valence-corrected chi connectivity index (χ3v) is 4.92. The van der Waals surface area contributed by atoms with Crippen LogP contribution in [0.2, 0.25) is 0 Å². The minimum atomic E-state index is -0.633. The highest BCUT2D eigenvalue weighted by atomic mass is 32.2. The maximum atomic E-state index is 12.3. The Hall–Kier alpha value is -3.33. The summed E-state index contributed by atoms with van der Waals surface area (Å²) >= 11 is 1.10. The van der Waals surface area contributed by atoms with Crippen molar-refractivity contribution in [3.63, 3.8) is 0 Å². The van der Waals surface area contributed by atoms with Crippen LogP contribution >= 0.6 is 11.8 Å². The summed E-state index contributed by atoms with van der Waals surface area (Å²) in [7, 11) is 0. The lowest BCUT2D eigenvalue weighted by molar-refractivity contribution is -0.119. The summed E-state index contributed by atoms with van der Waals surface area (Å²) in [5.41, 5.74) is 1.16. The quantitative estimate of drug-likeness (QED) is 0.554. The Kier molecular flexibility index (Phi) is 6.28. The van der Waals surface area contributed by atoms with Gasteiger partial charge in [0.1, 0.15) is 0 Å². The molecule has 1 heterocycles. The van der Waals surface area contributed by atoms with Crippen LogP contribution in [-0.2, 0) is 11.3 Å². The van der Waals surface area contributed by atoms with Crippen molar-refractivity contribution in [2.24, 2.45) is 0 Å². The molecule has 2 aromatic carbocycles. The molecule has 144 valence electrons. The van der Waals surface area contributed by atoms with Gasteiger partial charge in [0, 0.05) is 5.69 Å². The second kappa shape index (κ2) is 9.05. The Morgan fingerprint density at radius 1 is 1.11 bits per heavy atom. The van der Waals surface area contributed by atoms with E-state index in [4.69, 9.17) is 0 Å². The predicted molar refractivity (Wildman–Crippen MR) is 107 cm³/mol. The molecule has 3 rings (SSSR count). The fraction of sp³-hybridized carbons (Fsp3) is 0.158. The predicted octanol–water partition coefficient (Wildman–Crippen LogP) is 2.45. The highest BCUT2D eigenvalue weighted by Crippen LogP contribution is 2.20. The Balaban J connectivity index is 1.61. The lowest BCUT2D eigenvalue weighted by Gasteiger charge is -2.12. The van der Waals surface area contributed by atoms with Gasteiger partial charge in [-0.05, 0) is 24.6 Å². The van der Waals surface area contributed by atoms with Crippen molar-refractivity contribution >= 4 is 29.4 Å². The molecule has 3 amide bonds. The second-order valence-electron chi connectivity index (χ2n) is 5.95. The third-order valence-electron chi connectivity index (χ3n) is 3.83. The molecule has 3 aromatic rings. The molecule has 0 saturated carbocycles. The van der Waals surface area contributed by atoms with E-state index in [-0.39, 0.29) is 5.69 Å². The van der Waals surface area contributed by atoms with E-state index in [1.807, 2.05) is 36.4 Å². The number of aromatic nitrogens is 3. The maximum Gasteiger partial charge on any atom is 0.344 e. The van der Waals surface area contributed by atoms with Crippen LogP contribution in [0.1, 0.15) is 12.5 Å². The number of urea groups is 1. The molecular weight excluding hydrogens is 378 g/mol. The molecule has 3 N–H and O–H groups in total. The van der Waals surface area contributed by atoms with Crippen molar-refractivity contribution in [1.29, 1.82) is 0 Å². The summed E-state index contributed by atoms with van der Waals surface area (Å²) in [5, 5.41) is 11.0. The number of benzene rings is 2. The van der Waals surface area contributed by atoms with Gasteiger partial charge in [-0.15, -0.1) is 5.10 Å². The van der Waals surface area contributed by atoms with Gasteiger partial charge in [0.15, 0.2) is 5.16 Å². The molecule has 0 aliphatic carbocycles. The first kappa shape index (κ1) is 19.4. The molecule has 0 saturated heterocycles. The van der Waals surface area contributed by atoms with Gasteiger partial charge >= 0.3 is 11.7 Å². The average molecular weight is 397 g/mol. The van der Waals surface area contributed by atoms with E-state index in [0.717, 1.165) is 17.3 Å². The molecule has 0 aliphatic heterocycles. The number of anilines is 1. The van der Waals surface area contributed by atoms with E-state index in [1.54, 1.807) is 31.2 Å². The van der Waals surface area contributed by atoms with Crippen molar-refractivity contribution in [1.82, 2.24) is 20.1 Å². The van der Waals surface area contributed by atoms with Crippen LogP contribution in [-0.4, -0.2) is 32.0 Å². The van der Waals surface area contributed by atoms with E-state index in [1.165, 1.54) is 4.57 Å². The van der Waals surface area contributed by atoms with Crippen molar-refractivity contribution in [3.05, 3.63) is 76.7 Å². The highest BCUT2D eigenvalue weighted by molar-refractivity contribution is 8.00. The lowest BCUT2D eigenvalue weighted by atomic mass is 10.2. The van der Waals surface area contributed by atoms with Crippen molar-refractivity contribution in [2.45, 2.75) is 23.9 Å². The zero-order valence-corrected chi connectivity index (χ0v) is 15.9. The summed E-state index contributed by atoms with van der Waals surface area (Å²) in [6.45, 7) is 1.98. The van der Waals surface area contributed by atoms with E-state index >= 15 is 0 Å². The number of hydrogen-bond donors (Lipinski definition) is 3. The van der Waals surface area contributed by atoms with Gasteiger partial charge < -0.3 is 5.32 Å². The molecule has 0 spiro atoms. The summed E-state index contributed by atoms with van der Waals surface area (Å²) in [5.74, 6) is -0.486. The van der Waals surface area contributed by atoms with Gasteiger partial charge in [0.25, 0.3) is 0 Å². The number of para-hydroxylation sites is 1. The number of thioether (sulfide) groups is 1. The molecule has 0 fully saturated rings. The summed E-state index contributed by atoms with van der Waals surface area (Å²) in [6, 6.07) is 17.7. The van der Waals surface area contributed by atoms with Gasteiger partial charge in [-0.25, -0.2) is 14.7 Å². The van der Waals surface area contributed by atoms with Crippen LogP contribution in [0.25, 0.3) is 0 Å². The van der Waals surface area contributed by atoms with Crippen molar-refractivity contribution in [2.75, 3.05) is 5.32 Å². The Morgan fingerprint density at radius 2 is 1.75 bits per heavy atom. The van der Waals surface area contributed by atoms with Crippen LogP contribution in [0.15, 0.2) is 70.6 Å². The standard InChI is InChI=1S/C19H19N5O3S/c1-13(16(25)21-17(26)20-15-10-6-3-7-11-15)28-19-23-22-18(27)24(19)12-14-8-4-2-5-9-14/h2-11,13H,12H2,1H3,(H,22,27)(H2,20,21,25,26). The molecule has 0 aliphatic rings. The molecule has 8 nitrogen and oxygen atoms in total. The molecule has 0 radical (unpaired) electrons. The second-order valence-corrected chi connectivity index (χ2v) is 7.26. The zero-order chi connectivity index (χ0) is 19.9. The van der Waals surface area contributed by atoms with Gasteiger partial charge in [-0.2, -0.15) is 0 Å². The smallest absolute Gasteiger partial charge is 0.308 e. The summed E-state index contributed by atoms with van der Waals surface area (Å²) < 4.78 is 1.45. The molecule has 0 bridgehead atoms. The van der Waals surface area contributed by atoms with E-state index in [2.05, 4.69) is 20.8 Å². The zero-order valence-electron chi connectivity index (χ0n) is 15.1. The number of nitrogens with one attached hydrogen (secondary N) is 3. The summed E-state index contributed by atoms with van der Waals surface area (Å²) in [4.78, 5) is 36.3. The van der Waals surface area contributed by atoms with E-state index < -0.39 is 17.2 Å². The van der Waals surface area contributed by atoms with E-state index in [9.17, 15) is 14.4 Å². The first-order chi connectivity index (χ1) is 13.5. The minimum absolute atomic E-state index is 0.335. The van der Waals surface area contributed by atoms with Crippen LogP contribution in [0, 0.1) is 0 Å². The number of amides is 3.